The molecule has 1 atom stereocenters. The van der Waals surface area contributed by atoms with Crippen LogP contribution in [0, 0.1) is 26.7 Å². The number of aryl methyl sites for hydroxylation is 4. The topological polar surface area (TPSA) is 93.1 Å². The van der Waals surface area contributed by atoms with E-state index in [1.165, 1.54) is 15.8 Å². The molecule has 1 aromatic carbocycles. The summed E-state index contributed by atoms with van der Waals surface area (Å²) in [5.41, 5.74) is 4.75. The number of benzene rings is 1. The van der Waals surface area contributed by atoms with Crippen LogP contribution in [0.5, 0.6) is 0 Å². The van der Waals surface area contributed by atoms with E-state index in [9.17, 15) is 14.4 Å². The number of amides is 2. The van der Waals surface area contributed by atoms with Crippen LogP contribution in [-0.2, 0) is 29.0 Å². The van der Waals surface area contributed by atoms with Crippen molar-refractivity contribution in [3.63, 3.8) is 0 Å². The Bertz CT molecular complexity index is 1250. The van der Waals surface area contributed by atoms with Crippen LogP contribution in [0.15, 0.2) is 23.3 Å². The van der Waals surface area contributed by atoms with Crippen molar-refractivity contribution < 1.29 is 9.59 Å². The molecular formula is C24H28N4O3S. The highest BCUT2D eigenvalue weighted by Gasteiger charge is 2.23. The Kier molecular flexibility index (Phi) is 6.15. The van der Waals surface area contributed by atoms with E-state index in [4.69, 9.17) is 0 Å². The molecule has 4 rings (SSSR count). The van der Waals surface area contributed by atoms with Crippen LogP contribution in [-0.4, -0.2) is 27.9 Å². The third kappa shape index (κ3) is 4.46. The molecule has 32 heavy (non-hydrogen) atoms. The maximum absolute atomic E-state index is 13.0. The molecule has 0 fully saturated rings. The third-order valence-electron chi connectivity index (χ3n) is 5.98. The molecule has 0 radical (unpaired) electrons. The van der Waals surface area contributed by atoms with Crippen LogP contribution in [0.2, 0.25) is 0 Å². The Morgan fingerprint density at radius 2 is 1.91 bits per heavy atom. The van der Waals surface area contributed by atoms with E-state index in [1.54, 1.807) is 11.3 Å². The second kappa shape index (κ2) is 8.86. The van der Waals surface area contributed by atoms with Gasteiger partial charge in [-0.3, -0.25) is 19.0 Å². The molecule has 8 heteroatoms. The second-order valence-electron chi connectivity index (χ2n) is 8.81. The van der Waals surface area contributed by atoms with Crippen molar-refractivity contribution in [1.29, 1.82) is 0 Å². The fourth-order valence-corrected chi connectivity index (χ4v) is 5.77. The maximum Gasteiger partial charge on any atom is 0.262 e. The molecule has 2 amide bonds. The van der Waals surface area contributed by atoms with Gasteiger partial charge >= 0.3 is 0 Å². The summed E-state index contributed by atoms with van der Waals surface area (Å²) in [6, 6.07) is 4.00. The molecular weight excluding hydrogens is 424 g/mol. The number of fused-ring (bicyclic) bond motifs is 3. The van der Waals surface area contributed by atoms with Crippen molar-refractivity contribution >= 4 is 39.1 Å². The number of rotatable bonds is 5. The fraction of sp³-hybridized carbons (Fsp3) is 0.417. The van der Waals surface area contributed by atoms with Gasteiger partial charge < -0.3 is 10.6 Å². The number of hydrogen-bond donors (Lipinski definition) is 2. The third-order valence-corrected chi connectivity index (χ3v) is 7.15. The summed E-state index contributed by atoms with van der Waals surface area (Å²) in [6.07, 6.45) is 4.34. The van der Waals surface area contributed by atoms with E-state index in [-0.39, 0.29) is 24.6 Å². The van der Waals surface area contributed by atoms with Crippen LogP contribution in [0.25, 0.3) is 10.2 Å². The molecule has 7 nitrogen and oxygen atoms in total. The van der Waals surface area contributed by atoms with E-state index in [2.05, 4.69) is 22.5 Å². The zero-order valence-electron chi connectivity index (χ0n) is 18.9. The summed E-state index contributed by atoms with van der Waals surface area (Å²) in [7, 11) is 0. The maximum atomic E-state index is 13.0. The van der Waals surface area contributed by atoms with Gasteiger partial charge in [-0.05, 0) is 62.6 Å². The van der Waals surface area contributed by atoms with Crippen molar-refractivity contribution in [2.45, 2.75) is 53.5 Å². The Hall–Kier alpha value is -3.00. The lowest BCUT2D eigenvalue weighted by atomic mass is 9.89. The largest absolute Gasteiger partial charge is 0.345 e. The molecule has 0 bridgehead atoms. The molecule has 3 aromatic rings. The van der Waals surface area contributed by atoms with Gasteiger partial charge in [0.25, 0.3) is 5.56 Å². The van der Waals surface area contributed by atoms with Crippen molar-refractivity contribution in [1.82, 2.24) is 14.9 Å². The summed E-state index contributed by atoms with van der Waals surface area (Å²) in [4.78, 5) is 44.2. The second-order valence-corrected chi connectivity index (χ2v) is 9.89. The molecule has 2 aromatic heterocycles. The zero-order valence-corrected chi connectivity index (χ0v) is 19.7. The molecule has 0 aliphatic heterocycles. The van der Waals surface area contributed by atoms with Crippen molar-refractivity contribution in [2.75, 3.05) is 11.9 Å². The lowest BCUT2D eigenvalue weighted by Crippen LogP contribution is -2.37. The fourth-order valence-electron chi connectivity index (χ4n) is 4.43. The summed E-state index contributed by atoms with van der Waals surface area (Å²) in [6.45, 7) is 7.77. The minimum Gasteiger partial charge on any atom is -0.345 e. The van der Waals surface area contributed by atoms with Crippen LogP contribution in [0.1, 0.15) is 40.5 Å². The molecule has 0 spiro atoms. The first kappa shape index (κ1) is 22.2. The highest BCUT2D eigenvalue weighted by atomic mass is 32.1. The van der Waals surface area contributed by atoms with E-state index in [0.29, 0.717) is 11.3 Å². The smallest absolute Gasteiger partial charge is 0.262 e. The van der Waals surface area contributed by atoms with Gasteiger partial charge in [-0.1, -0.05) is 24.6 Å². The van der Waals surface area contributed by atoms with E-state index in [1.807, 2.05) is 32.9 Å². The molecule has 168 valence electrons. The Morgan fingerprint density at radius 1 is 1.19 bits per heavy atom. The average Bonchev–Trinajstić information content (AvgIpc) is 3.09. The molecule has 0 saturated carbocycles. The van der Waals surface area contributed by atoms with Gasteiger partial charge in [-0.15, -0.1) is 11.3 Å². The standard InChI is InChI=1S/C24H28N4O3S/c1-13-5-6-17-18(9-13)32-23-21(17)24(31)28(12-26-23)11-20(30)25-10-19(29)27-22-15(3)7-14(2)8-16(22)4/h7-8,12-13H,5-6,9-11H2,1-4H3,(H,25,30)(H,27,29)/t13-/m1/s1. The monoisotopic (exact) mass is 452 g/mol. The van der Waals surface area contributed by atoms with E-state index in [0.717, 1.165) is 52.0 Å². The van der Waals surface area contributed by atoms with Gasteiger partial charge in [0.05, 0.1) is 18.3 Å². The first-order valence-electron chi connectivity index (χ1n) is 10.9. The lowest BCUT2D eigenvalue weighted by Gasteiger charge is -2.17. The summed E-state index contributed by atoms with van der Waals surface area (Å²) >= 11 is 1.59. The molecule has 0 unspecified atom stereocenters. The van der Waals surface area contributed by atoms with Gasteiger partial charge in [0.2, 0.25) is 11.8 Å². The van der Waals surface area contributed by atoms with Crippen LogP contribution in [0.4, 0.5) is 5.69 Å². The van der Waals surface area contributed by atoms with Gasteiger partial charge in [0.15, 0.2) is 0 Å². The van der Waals surface area contributed by atoms with Crippen molar-refractivity contribution in [3.8, 4) is 0 Å². The van der Waals surface area contributed by atoms with Crippen LogP contribution < -0.4 is 16.2 Å². The lowest BCUT2D eigenvalue weighted by molar-refractivity contribution is -0.124. The molecule has 2 N–H and O–H groups in total. The summed E-state index contributed by atoms with van der Waals surface area (Å²) < 4.78 is 1.33. The van der Waals surface area contributed by atoms with Crippen LogP contribution in [0.3, 0.4) is 0 Å². The van der Waals surface area contributed by atoms with E-state index >= 15 is 0 Å². The van der Waals surface area contributed by atoms with Gasteiger partial charge in [0, 0.05) is 10.6 Å². The Balaban J connectivity index is 1.42. The molecule has 1 aliphatic rings. The highest BCUT2D eigenvalue weighted by Crippen LogP contribution is 2.35. The summed E-state index contributed by atoms with van der Waals surface area (Å²) in [5, 5.41) is 6.11. The molecule has 2 heterocycles. The number of nitrogens with zero attached hydrogens (tertiary/aromatic N) is 2. The average molecular weight is 453 g/mol. The predicted octanol–water partition coefficient (Wildman–Crippen LogP) is 3.26. The first-order chi connectivity index (χ1) is 15.2. The number of aromatic nitrogens is 2. The Morgan fingerprint density at radius 3 is 2.62 bits per heavy atom. The number of carbonyl (C=O) groups excluding carboxylic acids is 2. The van der Waals surface area contributed by atoms with Gasteiger partial charge in [-0.25, -0.2) is 4.98 Å². The Labute approximate surface area is 190 Å². The first-order valence-corrected chi connectivity index (χ1v) is 11.7. The minimum atomic E-state index is -0.404. The summed E-state index contributed by atoms with van der Waals surface area (Å²) in [5.74, 6) is -0.101. The predicted molar refractivity (Wildman–Crippen MR) is 127 cm³/mol. The van der Waals surface area contributed by atoms with Gasteiger partial charge in [0.1, 0.15) is 11.4 Å². The minimum absolute atomic E-state index is 0.165. The highest BCUT2D eigenvalue weighted by molar-refractivity contribution is 7.18. The molecule has 1 aliphatic carbocycles. The number of nitrogens with one attached hydrogen (secondary N) is 2. The normalized spacial score (nSPS) is 15.4. The number of hydrogen-bond acceptors (Lipinski definition) is 5. The van der Waals surface area contributed by atoms with E-state index < -0.39 is 5.91 Å². The van der Waals surface area contributed by atoms with Crippen molar-refractivity contribution in [2.24, 2.45) is 5.92 Å². The number of thiophene rings is 1. The molecule has 0 saturated heterocycles. The van der Waals surface area contributed by atoms with Crippen molar-refractivity contribution in [3.05, 3.63) is 55.9 Å². The van der Waals surface area contributed by atoms with Gasteiger partial charge in [-0.2, -0.15) is 0 Å². The number of carbonyl (C=O) groups is 2. The zero-order chi connectivity index (χ0) is 23.0. The quantitative estimate of drug-likeness (QED) is 0.621. The SMILES string of the molecule is Cc1cc(C)c(NC(=O)CNC(=O)Cn2cnc3sc4c(c3c2=O)CC[C@@H](C)C4)c(C)c1. The van der Waals surface area contributed by atoms with Crippen LogP contribution >= 0.6 is 11.3 Å². The number of anilines is 1.